The first-order valence-electron chi connectivity index (χ1n) is 6.49. The SMILES string of the molecule is C=C(N)/C=C(\C)C1=CCN(C(=O)OC(C)(C)C)CC1. The van der Waals surface area contributed by atoms with E-state index in [0.717, 1.165) is 12.0 Å². The molecule has 19 heavy (non-hydrogen) atoms. The molecule has 1 heterocycles. The number of nitrogens with zero attached hydrogens (tertiary/aromatic N) is 1. The number of ether oxygens (including phenoxy) is 1. The van der Waals surface area contributed by atoms with Crippen molar-refractivity contribution in [1.82, 2.24) is 4.90 Å². The number of allylic oxidation sites excluding steroid dienone is 2. The Kier molecular flexibility index (Phi) is 4.81. The van der Waals surface area contributed by atoms with Gasteiger partial charge in [-0.15, -0.1) is 0 Å². The number of carbonyl (C=O) groups excluding carboxylic acids is 1. The Bertz CT molecular complexity index is 428. The van der Waals surface area contributed by atoms with E-state index in [1.54, 1.807) is 4.90 Å². The van der Waals surface area contributed by atoms with Crippen LogP contribution in [-0.4, -0.2) is 29.7 Å². The predicted octanol–water partition coefficient (Wildman–Crippen LogP) is 2.97. The van der Waals surface area contributed by atoms with E-state index in [0.29, 0.717) is 18.8 Å². The van der Waals surface area contributed by atoms with Gasteiger partial charge >= 0.3 is 6.09 Å². The van der Waals surface area contributed by atoms with Crippen LogP contribution in [0.1, 0.15) is 34.1 Å². The molecule has 0 aromatic heterocycles. The summed E-state index contributed by atoms with van der Waals surface area (Å²) in [5.74, 6) is 0. The standard InChI is InChI=1S/C15H24N2O2/c1-11(10-12(2)16)13-6-8-17(9-7-13)14(18)19-15(3,4)5/h6,10H,2,7-9,16H2,1,3-5H3/b11-10+. The van der Waals surface area contributed by atoms with E-state index in [2.05, 4.69) is 6.58 Å². The Morgan fingerprint density at radius 2 is 2.16 bits per heavy atom. The summed E-state index contributed by atoms with van der Waals surface area (Å²) in [5.41, 5.74) is 7.98. The molecule has 0 aromatic rings. The lowest BCUT2D eigenvalue weighted by Crippen LogP contribution is -2.39. The molecule has 2 N–H and O–H groups in total. The molecule has 106 valence electrons. The average molecular weight is 264 g/mol. The molecule has 0 aromatic carbocycles. The van der Waals surface area contributed by atoms with E-state index in [9.17, 15) is 4.79 Å². The van der Waals surface area contributed by atoms with Crippen LogP contribution in [0, 0.1) is 0 Å². The van der Waals surface area contributed by atoms with Gasteiger partial charge in [0, 0.05) is 18.8 Å². The Balaban J connectivity index is 2.63. The summed E-state index contributed by atoms with van der Waals surface area (Å²) in [6.45, 7) is 12.5. The summed E-state index contributed by atoms with van der Waals surface area (Å²) in [5, 5.41) is 0. The monoisotopic (exact) mass is 264 g/mol. The molecular weight excluding hydrogens is 240 g/mol. The highest BCUT2D eigenvalue weighted by Crippen LogP contribution is 2.20. The summed E-state index contributed by atoms with van der Waals surface area (Å²) in [6, 6.07) is 0. The second kappa shape index (κ2) is 5.95. The normalized spacial score (nSPS) is 16.9. The van der Waals surface area contributed by atoms with Gasteiger partial charge in [0.25, 0.3) is 0 Å². The summed E-state index contributed by atoms with van der Waals surface area (Å²) >= 11 is 0. The van der Waals surface area contributed by atoms with Crippen LogP contribution in [0.4, 0.5) is 4.79 Å². The minimum atomic E-state index is -0.450. The first-order valence-corrected chi connectivity index (χ1v) is 6.49. The van der Waals surface area contributed by atoms with Gasteiger partial charge in [-0.1, -0.05) is 12.7 Å². The van der Waals surface area contributed by atoms with Gasteiger partial charge in [-0.3, -0.25) is 0 Å². The fraction of sp³-hybridized carbons (Fsp3) is 0.533. The number of hydrogen-bond acceptors (Lipinski definition) is 3. The van der Waals surface area contributed by atoms with Gasteiger partial charge in [0.1, 0.15) is 5.60 Å². The number of carbonyl (C=O) groups is 1. The molecule has 4 heteroatoms. The molecule has 0 atom stereocenters. The third kappa shape index (κ3) is 5.20. The van der Waals surface area contributed by atoms with E-state index in [-0.39, 0.29) is 6.09 Å². The summed E-state index contributed by atoms with van der Waals surface area (Å²) in [7, 11) is 0. The molecule has 0 spiro atoms. The van der Waals surface area contributed by atoms with Crippen molar-refractivity contribution >= 4 is 6.09 Å². The molecule has 1 rings (SSSR count). The molecule has 0 unspecified atom stereocenters. The van der Waals surface area contributed by atoms with Gasteiger partial charge in [0.2, 0.25) is 0 Å². The lowest BCUT2D eigenvalue weighted by molar-refractivity contribution is 0.0266. The predicted molar refractivity (Wildman–Crippen MR) is 77.6 cm³/mol. The molecule has 4 nitrogen and oxygen atoms in total. The maximum atomic E-state index is 11.9. The van der Waals surface area contributed by atoms with E-state index in [1.165, 1.54) is 5.57 Å². The highest BCUT2D eigenvalue weighted by molar-refractivity contribution is 5.68. The molecule has 1 aliphatic heterocycles. The van der Waals surface area contributed by atoms with Crippen LogP contribution >= 0.6 is 0 Å². The van der Waals surface area contributed by atoms with Gasteiger partial charge in [0.05, 0.1) is 0 Å². The Hall–Kier alpha value is -1.71. The topological polar surface area (TPSA) is 55.6 Å². The highest BCUT2D eigenvalue weighted by atomic mass is 16.6. The Labute approximate surface area is 115 Å². The van der Waals surface area contributed by atoms with E-state index in [1.807, 2.05) is 39.8 Å². The van der Waals surface area contributed by atoms with E-state index >= 15 is 0 Å². The van der Waals surface area contributed by atoms with Crippen molar-refractivity contribution in [2.24, 2.45) is 5.73 Å². The molecule has 0 radical (unpaired) electrons. The molecule has 0 saturated heterocycles. The first-order chi connectivity index (χ1) is 8.69. The third-order valence-corrected chi connectivity index (χ3v) is 2.77. The van der Waals surface area contributed by atoms with Crippen molar-refractivity contribution in [2.75, 3.05) is 13.1 Å². The van der Waals surface area contributed by atoms with Crippen molar-refractivity contribution in [1.29, 1.82) is 0 Å². The van der Waals surface area contributed by atoms with E-state index < -0.39 is 5.60 Å². The molecular formula is C15H24N2O2. The molecule has 0 aliphatic carbocycles. The van der Waals surface area contributed by atoms with Gasteiger partial charge in [-0.05, 0) is 51.3 Å². The van der Waals surface area contributed by atoms with Crippen molar-refractivity contribution < 1.29 is 9.53 Å². The average Bonchev–Trinajstić information content (AvgIpc) is 2.26. The molecule has 0 fully saturated rings. The minimum Gasteiger partial charge on any atom is -0.444 e. The van der Waals surface area contributed by atoms with Crippen molar-refractivity contribution in [3.63, 3.8) is 0 Å². The van der Waals surface area contributed by atoms with E-state index in [4.69, 9.17) is 10.5 Å². The highest BCUT2D eigenvalue weighted by Gasteiger charge is 2.23. The number of hydrogen-bond donors (Lipinski definition) is 1. The summed E-state index contributed by atoms with van der Waals surface area (Å²) < 4.78 is 5.35. The van der Waals surface area contributed by atoms with Gasteiger partial charge in [-0.25, -0.2) is 4.79 Å². The second-order valence-corrected chi connectivity index (χ2v) is 5.81. The van der Waals surface area contributed by atoms with Gasteiger partial charge in [-0.2, -0.15) is 0 Å². The van der Waals surface area contributed by atoms with Gasteiger partial charge in [0.15, 0.2) is 0 Å². The van der Waals surface area contributed by atoms with Crippen LogP contribution < -0.4 is 5.73 Å². The van der Waals surface area contributed by atoms with Crippen LogP contribution in [-0.2, 0) is 4.74 Å². The molecule has 0 saturated carbocycles. The summed E-state index contributed by atoms with van der Waals surface area (Å²) in [6.07, 6.45) is 4.46. The lowest BCUT2D eigenvalue weighted by atomic mass is 10.00. The number of nitrogens with two attached hydrogens (primary N) is 1. The minimum absolute atomic E-state index is 0.257. The fourth-order valence-electron chi connectivity index (χ4n) is 1.89. The molecule has 1 aliphatic rings. The maximum absolute atomic E-state index is 11.9. The third-order valence-electron chi connectivity index (χ3n) is 2.77. The summed E-state index contributed by atoms with van der Waals surface area (Å²) in [4.78, 5) is 13.6. The van der Waals surface area contributed by atoms with Crippen LogP contribution in [0.15, 0.2) is 35.6 Å². The zero-order valence-corrected chi connectivity index (χ0v) is 12.3. The molecule has 1 amide bonds. The van der Waals surface area contributed by atoms with Crippen LogP contribution in [0.5, 0.6) is 0 Å². The van der Waals surface area contributed by atoms with Crippen molar-refractivity contribution in [2.45, 2.75) is 39.7 Å². The second-order valence-electron chi connectivity index (χ2n) is 5.81. The van der Waals surface area contributed by atoms with Gasteiger partial charge < -0.3 is 15.4 Å². The van der Waals surface area contributed by atoms with Crippen LogP contribution in [0.3, 0.4) is 0 Å². The van der Waals surface area contributed by atoms with Crippen LogP contribution in [0.2, 0.25) is 0 Å². The Morgan fingerprint density at radius 3 is 2.58 bits per heavy atom. The number of amides is 1. The zero-order chi connectivity index (χ0) is 14.6. The fourth-order valence-corrected chi connectivity index (χ4v) is 1.89. The quantitative estimate of drug-likeness (QED) is 0.780. The smallest absolute Gasteiger partial charge is 0.410 e. The Morgan fingerprint density at radius 1 is 1.53 bits per heavy atom. The maximum Gasteiger partial charge on any atom is 0.410 e. The zero-order valence-electron chi connectivity index (χ0n) is 12.3. The van der Waals surface area contributed by atoms with Crippen LogP contribution in [0.25, 0.3) is 0 Å². The van der Waals surface area contributed by atoms with Crippen molar-refractivity contribution in [3.8, 4) is 0 Å². The largest absolute Gasteiger partial charge is 0.444 e. The lowest BCUT2D eigenvalue weighted by Gasteiger charge is -2.29. The molecule has 0 bridgehead atoms. The number of rotatable bonds is 2. The first kappa shape index (κ1) is 15.3. The van der Waals surface area contributed by atoms with Crippen molar-refractivity contribution in [3.05, 3.63) is 35.6 Å².